The number of nitrogens with zero attached hydrogens (tertiary/aromatic N) is 5. The lowest BCUT2D eigenvalue weighted by atomic mass is 10.2. The Morgan fingerprint density at radius 3 is 2.70 bits per heavy atom. The first-order chi connectivity index (χ1) is 14.4. The number of carbonyl (C=O) groups excluding carboxylic acids is 3. The molecule has 3 aromatic rings. The standard InChI is InChI=1S/C20H19BrN6O3/c21-16-3-1-2-12(25-16)8-14(28)9-27(13-4-5-13)17(29)10-26-7-6-15-18(19(22)30)23-11-24-20(15)26/h1-3,6-7,11,13H,4-5,8-10H2,(H2,22,30). The van der Waals surface area contributed by atoms with Crippen molar-refractivity contribution in [3.05, 3.63) is 52.8 Å². The zero-order valence-corrected chi connectivity index (χ0v) is 17.6. The first kappa shape index (κ1) is 20.1. The van der Waals surface area contributed by atoms with Gasteiger partial charge in [0.15, 0.2) is 5.78 Å². The van der Waals surface area contributed by atoms with E-state index in [-0.39, 0.29) is 42.9 Å². The van der Waals surface area contributed by atoms with Crippen molar-refractivity contribution >= 4 is 44.6 Å². The Bertz CT molecular complexity index is 1140. The van der Waals surface area contributed by atoms with Gasteiger partial charge in [-0.1, -0.05) is 6.07 Å². The van der Waals surface area contributed by atoms with Gasteiger partial charge in [0.2, 0.25) is 5.91 Å². The van der Waals surface area contributed by atoms with Gasteiger partial charge in [0.1, 0.15) is 28.8 Å². The number of nitrogens with two attached hydrogens (primary N) is 1. The minimum atomic E-state index is -0.655. The van der Waals surface area contributed by atoms with Crippen molar-refractivity contribution in [2.75, 3.05) is 6.54 Å². The number of primary amides is 1. The van der Waals surface area contributed by atoms with Crippen LogP contribution >= 0.6 is 15.9 Å². The van der Waals surface area contributed by atoms with E-state index in [0.29, 0.717) is 21.3 Å². The summed E-state index contributed by atoms with van der Waals surface area (Å²) in [4.78, 5) is 51.1. The Morgan fingerprint density at radius 1 is 1.20 bits per heavy atom. The highest BCUT2D eigenvalue weighted by atomic mass is 79.9. The number of pyridine rings is 1. The van der Waals surface area contributed by atoms with Crippen molar-refractivity contribution in [1.29, 1.82) is 0 Å². The molecule has 0 saturated heterocycles. The van der Waals surface area contributed by atoms with E-state index in [9.17, 15) is 14.4 Å². The Labute approximate surface area is 180 Å². The van der Waals surface area contributed by atoms with E-state index in [1.807, 2.05) is 6.07 Å². The van der Waals surface area contributed by atoms with Crippen LogP contribution in [0.1, 0.15) is 29.0 Å². The van der Waals surface area contributed by atoms with Gasteiger partial charge in [0.05, 0.1) is 18.4 Å². The summed E-state index contributed by atoms with van der Waals surface area (Å²) in [5.74, 6) is -0.904. The Kier molecular flexibility index (Phi) is 5.58. The third-order valence-electron chi connectivity index (χ3n) is 4.90. The number of rotatable bonds is 8. The molecule has 0 radical (unpaired) electrons. The minimum absolute atomic E-state index is 0.0115. The molecule has 2 amide bonds. The summed E-state index contributed by atoms with van der Waals surface area (Å²) in [7, 11) is 0. The highest BCUT2D eigenvalue weighted by Crippen LogP contribution is 2.27. The molecule has 9 nitrogen and oxygen atoms in total. The molecule has 1 aliphatic carbocycles. The van der Waals surface area contributed by atoms with Gasteiger partial charge >= 0.3 is 0 Å². The average molecular weight is 471 g/mol. The van der Waals surface area contributed by atoms with E-state index in [4.69, 9.17) is 5.73 Å². The normalized spacial score (nSPS) is 13.4. The Balaban J connectivity index is 1.48. The Hall–Kier alpha value is -3.14. The van der Waals surface area contributed by atoms with Gasteiger partial charge in [0.25, 0.3) is 5.91 Å². The maximum Gasteiger partial charge on any atom is 0.268 e. The summed E-state index contributed by atoms with van der Waals surface area (Å²) in [5, 5.41) is 0.493. The molecule has 1 saturated carbocycles. The number of halogens is 1. The number of amides is 2. The molecule has 0 unspecified atom stereocenters. The van der Waals surface area contributed by atoms with Crippen molar-refractivity contribution in [2.45, 2.75) is 31.8 Å². The predicted molar refractivity (Wildman–Crippen MR) is 111 cm³/mol. The quantitative estimate of drug-likeness (QED) is 0.497. The molecule has 0 spiro atoms. The van der Waals surface area contributed by atoms with Crippen molar-refractivity contribution in [2.24, 2.45) is 5.73 Å². The van der Waals surface area contributed by atoms with Gasteiger partial charge in [0, 0.05) is 17.9 Å². The van der Waals surface area contributed by atoms with E-state index in [2.05, 4.69) is 30.9 Å². The molecule has 3 heterocycles. The number of carbonyl (C=O) groups is 3. The topological polar surface area (TPSA) is 124 Å². The van der Waals surface area contributed by atoms with E-state index in [0.717, 1.165) is 12.8 Å². The van der Waals surface area contributed by atoms with E-state index in [1.54, 1.807) is 33.9 Å². The van der Waals surface area contributed by atoms with Crippen LogP contribution in [-0.4, -0.2) is 54.6 Å². The van der Waals surface area contributed by atoms with Crippen LogP contribution in [0.4, 0.5) is 0 Å². The molecular formula is C20H19BrN6O3. The molecule has 154 valence electrons. The predicted octanol–water partition coefficient (Wildman–Crippen LogP) is 1.49. The number of fused-ring (bicyclic) bond motifs is 1. The second-order valence-corrected chi connectivity index (χ2v) is 8.00. The van der Waals surface area contributed by atoms with Crippen molar-refractivity contribution < 1.29 is 14.4 Å². The molecule has 10 heteroatoms. The van der Waals surface area contributed by atoms with Crippen LogP contribution in [-0.2, 0) is 22.6 Å². The third-order valence-corrected chi connectivity index (χ3v) is 5.34. The molecule has 0 aliphatic heterocycles. The van der Waals surface area contributed by atoms with Gasteiger partial charge in [-0.15, -0.1) is 0 Å². The smallest absolute Gasteiger partial charge is 0.268 e. The highest BCUT2D eigenvalue weighted by Gasteiger charge is 2.34. The number of aromatic nitrogens is 4. The summed E-state index contributed by atoms with van der Waals surface area (Å²) in [6.45, 7) is 0.0516. The second kappa shape index (κ2) is 8.31. The van der Waals surface area contributed by atoms with Crippen LogP contribution in [0.3, 0.4) is 0 Å². The van der Waals surface area contributed by atoms with Crippen molar-refractivity contribution in [3.8, 4) is 0 Å². The first-order valence-electron chi connectivity index (χ1n) is 9.44. The molecule has 4 rings (SSSR count). The van der Waals surface area contributed by atoms with E-state index >= 15 is 0 Å². The zero-order valence-electron chi connectivity index (χ0n) is 16.0. The van der Waals surface area contributed by atoms with Crippen molar-refractivity contribution in [3.63, 3.8) is 0 Å². The van der Waals surface area contributed by atoms with Crippen LogP contribution in [0.5, 0.6) is 0 Å². The van der Waals surface area contributed by atoms with Gasteiger partial charge < -0.3 is 15.2 Å². The average Bonchev–Trinajstić information content (AvgIpc) is 3.46. The van der Waals surface area contributed by atoms with Gasteiger partial charge in [-0.25, -0.2) is 15.0 Å². The number of ketones is 1. The molecule has 0 aromatic carbocycles. The maximum atomic E-state index is 13.0. The molecule has 0 atom stereocenters. The summed E-state index contributed by atoms with van der Waals surface area (Å²) >= 11 is 3.30. The summed E-state index contributed by atoms with van der Waals surface area (Å²) in [6.07, 6.45) is 4.85. The highest BCUT2D eigenvalue weighted by molar-refractivity contribution is 9.10. The maximum absolute atomic E-state index is 13.0. The Morgan fingerprint density at radius 2 is 2.00 bits per heavy atom. The fourth-order valence-electron chi connectivity index (χ4n) is 3.37. The number of hydrogen-bond donors (Lipinski definition) is 1. The van der Waals surface area contributed by atoms with Crippen LogP contribution < -0.4 is 5.73 Å². The van der Waals surface area contributed by atoms with E-state index < -0.39 is 5.91 Å². The van der Waals surface area contributed by atoms with Crippen LogP contribution in [0.2, 0.25) is 0 Å². The third kappa shape index (κ3) is 4.38. The fraction of sp³-hybridized carbons (Fsp3) is 0.300. The van der Waals surface area contributed by atoms with Crippen molar-refractivity contribution in [1.82, 2.24) is 24.4 Å². The van der Waals surface area contributed by atoms with Gasteiger partial charge in [-0.05, 0) is 47.0 Å². The van der Waals surface area contributed by atoms with Crippen LogP contribution in [0.25, 0.3) is 11.0 Å². The monoisotopic (exact) mass is 470 g/mol. The van der Waals surface area contributed by atoms with Gasteiger partial charge in [-0.3, -0.25) is 14.4 Å². The molecule has 30 heavy (non-hydrogen) atoms. The van der Waals surface area contributed by atoms with Crippen LogP contribution in [0, 0.1) is 0 Å². The molecule has 1 fully saturated rings. The minimum Gasteiger partial charge on any atom is -0.364 e. The summed E-state index contributed by atoms with van der Waals surface area (Å²) in [5.41, 5.74) is 6.58. The van der Waals surface area contributed by atoms with Gasteiger partial charge in [-0.2, -0.15) is 0 Å². The molecule has 0 bridgehead atoms. The lowest BCUT2D eigenvalue weighted by Crippen LogP contribution is -2.40. The second-order valence-electron chi connectivity index (χ2n) is 7.19. The largest absolute Gasteiger partial charge is 0.364 e. The van der Waals surface area contributed by atoms with E-state index in [1.165, 1.54) is 6.33 Å². The lowest BCUT2D eigenvalue weighted by molar-refractivity contribution is -0.136. The lowest BCUT2D eigenvalue weighted by Gasteiger charge is -2.22. The molecular weight excluding hydrogens is 452 g/mol. The number of hydrogen-bond acceptors (Lipinski definition) is 6. The molecule has 2 N–H and O–H groups in total. The first-order valence-corrected chi connectivity index (χ1v) is 10.2. The fourth-order valence-corrected chi connectivity index (χ4v) is 3.75. The number of Topliss-reactive ketones (excluding diaryl/α,β-unsaturated/α-hetero) is 1. The zero-order chi connectivity index (χ0) is 21.3. The summed E-state index contributed by atoms with van der Waals surface area (Å²) in [6, 6.07) is 7.14. The molecule has 3 aromatic heterocycles. The van der Waals surface area contributed by atoms with Crippen LogP contribution in [0.15, 0.2) is 41.4 Å². The SMILES string of the molecule is NC(=O)c1ncnc2c1ccn2CC(=O)N(CC(=O)Cc1cccc(Br)n1)C1CC1. The molecule has 1 aliphatic rings. The summed E-state index contributed by atoms with van der Waals surface area (Å²) < 4.78 is 2.31.